The van der Waals surface area contributed by atoms with E-state index in [1.165, 1.54) is 13.8 Å². The number of carbonyl (C=O) groups excluding carboxylic acids is 4. The summed E-state index contributed by atoms with van der Waals surface area (Å²) in [6.45, 7) is 3.07. The molecule has 0 aliphatic carbocycles. The Morgan fingerprint density at radius 2 is 1.73 bits per heavy atom. The lowest BCUT2D eigenvalue weighted by molar-refractivity contribution is -0.131. The standard InChI is InChI=1S/C18H24N4O4/c1-12(21-13(2)23)17(25)22-16(9-8-15(24)10-19)18(26)20-11-14-6-4-3-5-7-14/h3-7,10,12,16,19H,8-9,11H2,1-2H3,(H,20,26)(H,21,23)(H,22,25)/t12-,16-/m0/s1. The maximum absolute atomic E-state index is 12.4. The van der Waals surface area contributed by atoms with E-state index >= 15 is 0 Å². The molecule has 8 heteroatoms. The fourth-order valence-electron chi connectivity index (χ4n) is 2.20. The van der Waals surface area contributed by atoms with Gasteiger partial charge in [0.2, 0.25) is 17.7 Å². The second-order valence-corrected chi connectivity index (χ2v) is 5.84. The normalized spacial score (nSPS) is 12.4. The van der Waals surface area contributed by atoms with Crippen LogP contribution in [-0.4, -0.2) is 41.8 Å². The molecule has 1 aromatic rings. The van der Waals surface area contributed by atoms with E-state index in [2.05, 4.69) is 16.0 Å². The zero-order valence-electron chi connectivity index (χ0n) is 14.9. The molecule has 0 aliphatic heterocycles. The molecule has 3 amide bonds. The van der Waals surface area contributed by atoms with Gasteiger partial charge in [-0.3, -0.25) is 19.2 Å². The Balaban J connectivity index is 2.70. The molecule has 0 saturated heterocycles. The maximum atomic E-state index is 12.4. The van der Waals surface area contributed by atoms with Crippen LogP contribution in [0.25, 0.3) is 0 Å². The molecule has 0 fully saturated rings. The van der Waals surface area contributed by atoms with Gasteiger partial charge in [-0.1, -0.05) is 30.3 Å². The minimum Gasteiger partial charge on any atom is -0.350 e. The molecule has 140 valence electrons. The molecule has 0 radical (unpaired) electrons. The smallest absolute Gasteiger partial charge is 0.242 e. The highest BCUT2D eigenvalue weighted by molar-refractivity contribution is 6.26. The summed E-state index contributed by atoms with van der Waals surface area (Å²) in [5, 5.41) is 14.6. The Morgan fingerprint density at radius 1 is 1.08 bits per heavy atom. The number of carbonyl (C=O) groups is 4. The first-order valence-corrected chi connectivity index (χ1v) is 8.26. The van der Waals surface area contributed by atoms with Crippen molar-refractivity contribution in [2.45, 2.75) is 45.3 Å². The van der Waals surface area contributed by atoms with Crippen LogP contribution in [0, 0.1) is 5.41 Å². The van der Waals surface area contributed by atoms with Gasteiger partial charge in [0.25, 0.3) is 0 Å². The second-order valence-electron chi connectivity index (χ2n) is 5.84. The number of hydrogen-bond acceptors (Lipinski definition) is 5. The van der Waals surface area contributed by atoms with Crippen LogP contribution in [0.1, 0.15) is 32.3 Å². The minimum atomic E-state index is -0.939. The number of Topliss-reactive ketones (excluding diaryl/α,β-unsaturated/α-hetero) is 1. The molecule has 26 heavy (non-hydrogen) atoms. The molecule has 0 aromatic heterocycles. The summed E-state index contributed by atoms with van der Waals surface area (Å²) in [7, 11) is 0. The molecule has 0 aliphatic rings. The van der Waals surface area contributed by atoms with Crippen LogP contribution in [0.3, 0.4) is 0 Å². The molecule has 4 N–H and O–H groups in total. The zero-order valence-corrected chi connectivity index (χ0v) is 14.9. The fraction of sp³-hybridized carbons (Fsp3) is 0.389. The van der Waals surface area contributed by atoms with E-state index in [0.29, 0.717) is 6.21 Å². The van der Waals surface area contributed by atoms with Crippen LogP contribution >= 0.6 is 0 Å². The first-order chi connectivity index (χ1) is 12.3. The molecule has 0 unspecified atom stereocenters. The average Bonchev–Trinajstić information content (AvgIpc) is 2.62. The van der Waals surface area contributed by atoms with E-state index in [0.717, 1.165) is 5.56 Å². The van der Waals surface area contributed by atoms with Crippen molar-refractivity contribution in [3.63, 3.8) is 0 Å². The van der Waals surface area contributed by atoms with Gasteiger partial charge in [0.05, 0.1) is 6.21 Å². The number of rotatable bonds is 10. The van der Waals surface area contributed by atoms with Gasteiger partial charge < -0.3 is 21.4 Å². The van der Waals surface area contributed by atoms with Crippen molar-refractivity contribution in [3.8, 4) is 0 Å². The van der Waals surface area contributed by atoms with Crippen LogP contribution in [0.15, 0.2) is 30.3 Å². The molecule has 2 atom stereocenters. The predicted molar refractivity (Wildman–Crippen MR) is 96.5 cm³/mol. The van der Waals surface area contributed by atoms with Crippen molar-refractivity contribution in [1.29, 1.82) is 5.41 Å². The highest BCUT2D eigenvalue weighted by atomic mass is 16.2. The molecule has 0 saturated carbocycles. The van der Waals surface area contributed by atoms with Crippen LogP contribution in [0.4, 0.5) is 0 Å². The van der Waals surface area contributed by atoms with E-state index in [4.69, 9.17) is 5.41 Å². The van der Waals surface area contributed by atoms with Crippen LogP contribution in [-0.2, 0) is 25.7 Å². The monoisotopic (exact) mass is 360 g/mol. The third kappa shape index (κ3) is 7.69. The Hall–Kier alpha value is -3.03. The quantitative estimate of drug-likeness (QED) is 0.448. The van der Waals surface area contributed by atoms with Crippen molar-refractivity contribution in [2.24, 2.45) is 0 Å². The Kier molecular flexibility index (Phi) is 8.69. The lowest BCUT2D eigenvalue weighted by Crippen LogP contribution is -2.52. The van der Waals surface area contributed by atoms with Gasteiger partial charge in [0.15, 0.2) is 5.78 Å². The fourth-order valence-corrected chi connectivity index (χ4v) is 2.20. The number of benzene rings is 1. The average molecular weight is 360 g/mol. The van der Waals surface area contributed by atoms with Gasteiger partial charge in [0, 0.05) is 19.9 Å². The Bertz CT molecular complexity index is 660. The van der Waals surface area contributed by atoms with Crippen LogP contribution < -0.4 is 16.0 Å². The number of amides is 3. The zero-order chi connectivity index (χ0) is 19.5. The summed E-state index contributed by atoms with van der Waals surface area (Å²) in [5.74, 6) is -1.76. The van der Waals surface area contributed by atoms with Crippen molar-refractivity contribution < 1.29 is 19.2 Å². The highest BCUT2D eigenvalue weighted by Gasteiger charge is 2.24. The van der Waals surface area contributed by atoms with Gasteiger partial charge in [-0.25, -0.2) is 0 Å². The third-order valence-corrected chi connectivity index (χ3v) is 3.60. The molecule has 0 bridgehead atoms. The molecule has 8 nitrogen and oxygen atoms in total. The molecular weight excluding hydrogens is 336 g/mol. The van der Waals surface area contributed by atoms with E-state index in [9.17, 15) is 19.2 Å². The summed E-state index contributed by atoms with van der Waals surface area (Å²) >= 11 is 0. The predicted octanol–water partition coefficient (Wildman–Crippen LogP) is 0.311. The molecule has 1 rings (SSSR count). The number of hydrogen-bond donors (Lipinski definition) is 4. The van der Waals surface area contributed by atoms with E-state index in [-0.39, 0.29) is 25.3 Å². The second kappa shape index (κ2) is 10.8. The van der Waals surface area contributed by atoms with Crippen molar-refractivity contribution >= 4 is 29.7 Å². The summed E-state index contributed by atoms with van der Waals surface area (Å²) in [6.07, 6.45) is 0.704. The molecule has 0 heterocycles. The lowest BCUT2D eigenvalue weighted by Gasteiger charge is -2.20. The van der Waals surface area contributed by atoms with Crippen molar-refractivity contribution in [2.75, 3.05) is 0 Å². The van der Waals surface area contributed by atoms with Gasteiger partial charge in [-0.2, -0.15) is 0 Å². The minimum absolute atomic E-state index is 0.0400. The van der Waals surface area contributed by atoms with Gasteiger partial charge in [-0.05, 0) is 18.9 Å². The molecule has 0 spiro atoms. The van der Waals surface area contributed by atoms with Gasteiger partial charge in [-0.15, -0.1) is 0 Å². The van der Waals surface area contributed by atoms with Crippen molar-refractivity contribution in [3.05, 3.63) is 35.9 Å². The topological polar surface area (TPSA) is 128 Å². The van der Waals surface area contributed by atoms with E-state index in [1.54, 1.807) is 0 Å². The van der Waals surface area contributed by atoms with Gasteiger partial charge in [0.1, 0.15) is 12.1 Å². The van der Waals surface area contributed by atoms with Crippen LogP contribution in [0.2, 0.25) is 0 Å². The molecular formula is C18H24N4O4. The summed E-state index contributed by atoms with van der Waals surface area (Å²) in [4.78, 5) is 47.0. The lowest BCUT2D eigenvalue weighted by atomic mass is 10.1. The Morgan fingerprint density at radius 3 is 2.31 bits per heavy atom. The van der Waals surface area contributed by atoms with E-state index < -0.39 is 29.7 Å². The van der Waals surface area contributed by atoms with Gasteiger partial charge >= 0.3 is 0 Å². The number of ketones is 1. The highest BCUT2D eigenvalue weighted by Crippen LogP contribution is 2.02. The summed E-state index contributed by atoms with van der Waals surface area (Å²) in [6, 6.07) is 7.51. The maximum Gasteiger partial charge on any atom is 0.242 e. The first kappa shape index (κ1) is 21.0. The SMILES string of the molecule is CC(=O)N[C@@H](C)C(=O)N[C@@H](CCC(=O)C=N)C(=O)NCc1ccccc1. The third-order valence-electron chi connectivity index (χ3n) is 3.60. The van der Waals surface area contributed by atoms with Crippen LogP contribution in [0.5, 0.6) is 0 Å². The Labute approximate surface area is 152 Å². The molecule has 1 aromatic carbocycles. The largest absolute Gasteiger partial charge is 0.350 e. The van der Waals surface area contributed by atoms with E-state index in [1.807, 2.05) is 30.3 Å². The summed E-state index contributed by atoms with van der Waals surface area (Å²) in [5.41, 5.74) is 0.896. The first-order valence-electron chi connectivity index (χ1n) is 8.26. The summed E-state index contributed by atoms with van der Waals surface area (Å²) < 4.78 is 0. The van der Waals surface area contributed by atoms with Crippen molar-refractivity contribution in [1.82, 2.24) is 16.0 Å². The number of nitrogens with one attached hydrogen (secondary N) is 4.